The molecule has 2 heteroatoms. The minimum atomic E-state index is -2.01. The van der Waals surface area contributed by atoms with Crippen LogP contribution in [-0.4, -0.2) is 15.2 Å². The standard InChI is InChI=1S/C60H92OSi/c1-35-25-44-46(33-48(59(16,17)18)37(3)50(44)38-27-40(55(4,5)6)31-41(28-38)56(7,8)9)53(35)62(23,24)54-36(2)26-45-47(54)34-49(60(19,20)21)52(61-22)51(45)39-29-42(57(10,11)12)32-43(30-39)58(13,14)15/h27-36,44-47,53-54H,25-26H2,1-24H3. The van der Waals surface area contributed by atoms with E-state index < -0.39 is 8.07 Å². The lowest BCUT2D eigenvalue weighted by Crippen LogP contribution is -2.46. The van der Waals surface area contributed by atoms with Crippen LogP contribution in [0.25, 0.3) is 11.1 Å². The zero-order valence-electron chi connectivity index (χ0n) is 44.6. The molecule has 4 aliphatic rings. The Bertz CT molecular complexity index is 2110. The predicted octanol–water partition coefficient (Wildman–Crippen LogP) is 17.7. The molecule has 0 amide bonds. The van der Waals surface area contributed by atoms with Crippen molar-refractivity contribution in [2.24, 2.45) is 46.3 Å². The van der Waals surface area contributed by atoms with Crippen LogP contribution in [0.4, 0.5) is 0 Å². The Hall–Kier alpha value is -2.58. The third-order valence-corrected chi connectivity index (χ3v) is 21.8. The van der Waals surface area contributed by atoms with Crippen molar-refractivity contribution in [1.29, 1.82) is 0 Å². The summed E-state index contributed by atoms with van der Waals surface area (Å²) in [6, 6.07) is 15.3. The monoisotopic (exact) mass is 857 g/mol. The number of ether oxygens (including phenoxy) is 1. The van der Waals surface area contributed by atoms with Crippen LogP contribution in [0.15, 0.2) is 71.0 Å². The highest BCUT2D eigenvalue weighted by atomic mass is 28.3. The fourth-order valence-electron chi connectivity index (χ4n) is 13.4. The fourth-order valence-corrected chi connectivity index (χ4v) is 19.7. The fraction of sp³-hybridized carbons (Fsp3) is 0.667. The third kappa shape index (κ3) is 8.88. The van der Waals surface area contributed by atoms with Crippen LogP contribution >= 0.6 is 0 Å². The number of hydrogen-bond donors (Lipinski definition) is 0. The van der Waals surface area contributed by atoms with Gasteiger partial charge in [0.25, 0.3) is 0 Å². The maximum atomic E-state index is 6.68. The highest BCUT2D eigenvalue weighted by molar-refractivity contribution is 6.80. The van der Waals surface area contributed by atoms with E-state index in [2.05, 4.69) is 207 Å². The van der Waals surface area contributed by atoms with Gasteiger partial charge in [-0.25, -0.2) is 0 Å². The molecule has 342 valence electrons. The van der Waals surface area contributed by atoms with Gasteiger partial charge in [0.1, 0.15) is 5.76 Å². The SMILES string of the molecule is COC1=C(c2cc(C(C)(C)C)cc(C(C)(C)C)c2)C2CC(C)C([Si](C)(C)C3C(C)CC4C(c5cc(C(C)(C)C)cc(C(C)(C)C)c5)=C(C)C(C(C)(C)C)=CC43)C2C=C1C(C)(C)C. The number of benzene rings is 2. The lowest BCUT2D eigenvalue weighted by atomic mass is 9.68. The first kappa shape index (κ1) is 48.9. The van der Waals surface area contributed by atoms with Crippen LogP contribution in [0, 0.1) is 46.3 Å². The van der Waals surface area contributed by atoms with Crippen molar-refractivity contribution in [3.63, 3.8) is 0 Å². The van der Waals surface area contributed by atoms with Crippen molar-refractivity contribution in [2.45, 2.75) is 204 Å². The molecule has 2 fully saturated rings. The molecule has 2 aromatic rings. The van der Waals surface area contributed by atoms with Gasteiger partial charge in [-0.1, -0.05) is 200 Å². The molecule has 6 rings (SSSR count). The minimum Gasteiger partial charge on any atom is -0.496 e. The molecule has 0 heterocycles. The third-order valence-electron chi connectivity index (χ3n) is 16.5. The highest BCUT2D eigenvalue weighted by Crippen LogP contribution is 2.67. The Morgan fingerprint density at radius 3 is 1.11 bits per heavy atom. The number of allylic oxidation sites excluding steroid dienone is 7. The molecule has 0 radical (unpaired) electrons. The van der Waals surface area contributed by atoms with E-state index in [-0.39, 0.29) is 32.5 Å². The van der Waals surface area contributed by atoms with E-state index in [1.807, 2.05) is 7.11 Å². The molecule has 2 saturated carbocycles. The van der Waals surface area contributed by atoms with Gasteiger partial charge in [-0.15, -0.1) is 0 Å². The van der Waals surface area contributed by atoms with Gasteiger partial charge in [-0.2, -0.15) is 0 Å². The summed E-state index contributed by atoms with van der Waals surface area (Å²) in [6.07, 6.45) is 8.15. The van der Waals surface area contributed by atoms with E-state index in [4.69, 9.17) is 4.74 Å². The lowest BCUT2D eigenvalue weighted by molar-refractivity contribution is 0.274. The van der Waals surface area contributed by atoms with Gasteiger partial charge >= 0.3 is 0 Å². The van der Waals surface area contributed by atoms with Crippen LogP contribution < -0.4 is 0 Å². The topological polar surface area (TPSA) is 9.23 Å². The van der Waals surface area contributed by atoms with Gasteiger partial charge in [-0.05, 0) is 155 Å². The van der Waals surface area contributed by atoms with Crippen LogP contribution in [-0.2, 0) is 26.4 Å². The van der Waals surface area contributed by atoms with Gasteiger partial charge < -0.3 is 4.74 Å². The second-order valence-corrected chi connectivity index (χ2v) is 32.9. The molecular formula is C60H92OSi. The zero-order chi connectivity index (χ0) is 46.8. The summed E-state index contributed by atoms with van der Waals surface area (Å²) in [4.78, 5) is 0. The molecule has 1 nitrogen and oxygen atoms in total. The maximum Gasteiger partial charge on any atom is 0.126 e. The van der Waals surface area contributed by atoms with E-state index in [9.17, 15) is 0 Å². The molecule has 0 spiro atoms. The second-order valence-electron chi connectivity index (χ2n) is 27.9. The van der Waals surface area contributed by atoms with E-state index in [1.54, 1.807) is 16.7 Å². The normalized spacial score (nSPS) is 27.9. The molecule has 0 N–H and O–H groups in total. The Kier molecular flexibility index (Phi) is 12.4. The quantitative estimate of drug-likeness (QED) is 0.272. The van der Waals surface area contributed by atoms with Crippen LogP contribution in [0.1, 0.15) is 192 Å². The Morgan fingerprint density at radius 2 is 0.790 bits per heavy atom. The summed E-state index contributed by atoms with van der Waals surface area (Å²) in [5.74, 6) is 4.50. The van der Waals surface area contributed by atoms with Crippen LogP contribution in [0.3, 0.4) is 0 Å². The van der Waals surface area contributed by atoms with Gasteiger partial charge in [0, 0.05) is 5.57 Å². The molecule has 4 aliphatic carbocycles. The largest absolute Gasteiger partial charge is 0.496 e. The van der Waals surface area contributed by atoms with Crippen molar-refractivity contribution in [3.8, 4) is 0 Å². The first-order valence-corrected chi connectivity index (χ1v) is 27.9. The Balaban J connectivity index is 1.53. The summed E-state index contributed by atoms with van der Waals surface area (Å²) in [6.45, 7) is 56.8. The summed E-state index contributed by atoms with van der Waals surface area (Å²) in [7, 11) is -0.0672. The van der Waals surface area contributed by atoms with Crippen molar-refractivity contribution < 1.29 is 4.74 Å². The molecule has 8 unspecified atom stereocenters. The van der Waals surface area contributed by atoms with Gasteiger partial charge in [0.05, 0.1) is 15.2 Å². The highest BCUT2D eigenvalue weighted by Gasteiger charge is 2.59. The molecular weight excluding hydrogens is 765 g/mol. The van der Waals surface area contributed by atoms with Crippen molar-refractivity contribution in [3.05, 3.63) is 104 Å². The van der Waals surface area contributed by atoms with Gasteiger partial charge in [-0.3, -0.25) is 0 Å². The van der Waals surface area contributed by atoms with E-state index in [0.29, 0.717) is 46.6 Å². The van der Waals surface area contributed by atoms with Crippen LogP contribution in [0.2, 0.25) is 24.2 Å². The predicted molar refractivity (Wildman–Crippen MR) is 276 cm³/mol. The first-order chi connectivity index (χ1) is 28.0. The van der Waals surface area contributed by atoms with Crippen molar-refractivity contribution >= 4 is 19.2 Å². The number of fused-ring (bicyclic) bond motifs is 2. The Labute approximate surface area is 384 Å². The number of rotatable bonds is 5. The molecule has 0 aliphatic heterocycles. The van der Waals surface area contributed by atoms with E-state index in [1.165, 1.54) is 57.4 Å². The summed E-state index contributed by atoms with van der Waals surface area (Å²) in [5, 5.41) is 0. The average Bonchev–Trinajstić information content (AvgIpc) is 3.63. The molecule has 2 aromatic carbocycles. The number of hydrogen-bond acceptors (Lipinski definition) is 1. The van der Waals surface area contributed by atoms with Gasteiger partial charge in [0.15, 0.2) is 0 Å². The van der Waals surface area contributed by atoms with Gasteiger partial charge in [0.2, 0.25) is 0 Å². The second kappa shape index (κ2) is 15.8. The smallest absolute Gasteiger partial charge is 0.126 e. The molecule has 0 aromatic heterocycles. The van der Waals surface area contributed by atoms with Crippen molar-refractivity contribution in [1.82, 2.24) is 0 Å². The van der Waals surface area contributed by atoms with Crippen LogP contribution in [0.5, 0.6) is 0 Å². The van der Waals surface area contributed by atoms with E-state index in [0.717, 1.165) is 5.76 Å². The lowest BCUT2D eigenvalue weighted by Gasteiger charge is -2.47. The summed E-state index contributed by atoms with van der Waals surface area (Å²) < 4.78 is 6.68. The number of methoxy groups -OCH3 is 1. The maximum absolute atomic E-state index is 6.68. The molecule has 8 atom stereocenters. The molecule has 0 bridgehead atoms. The minimum absolute atomic E-state index is 0.0394. The zero-order valence-corrected chi connectivity index (χ0v) is 45.6. The van der Waals surface area contributed by atoms with E-state index >= 15 is 0 Å². The first-order valence-electron chi connectivity index (χ1n) is 24.8. The summed E-state index contributed by atoms with van der Waals surface area (Å²) in [5.41, 5.74) is 18.0. The average molecular weight is 857 g/mol. The molecule has 0 saturated heterocycles. The van der Waals surface area contributed by atoms with Crippen molar-refractivity contribution in [2.75, 3.05) is 7.11 Å². The summed E-state index contributed by atoms with van der Waals surface area (Å²) >= 11 is 0. The molecule has 62 heavy (non-hydrogen) atoms. The Morgan fingerprint density at radius 1 is 0.468 bits per heavy atom.